The van der Waals surface area contributed by atoms with Crippen molar-refractivity contribution in [3.8, 4) is 11.5 Å². The normalized spacial score (nSPS) is 13.0. The molecular formula is C20H26O2. The lowest BCUT2D eigenvalue weighted by atomic mass is 9.66. The fourth-order valence-electron chi connectivity index (χ4n) is 3.15. The molecule has 0 bridgehead atoms. The van der Waals surface area contributed by atoms with Crippen LogP contribution in [0.2, 0.25) is 0 Å². The zero-order chi connectivity index (χ0) is 16.2. The van der Waals surface area contributed by atoms with Crippen molar-refractivity contribution in [2.75, 3.05) is 0 Å². The van der Waals surface area contributed by atoms with Gasteiger partial charge >= 0.3 is 0 Å². The Hall–Kier alpha value is -1.96. The molecule has 1 atom stereocenters. The summed E-state index contributed by atoms with van der Waals surface area (Å²) in [5.41, 5.74) is 2.25. The summed E-state index contributed by atoms with van der Waals surface area (Å²) in [5.74, 6) is 1.04. The minimum Gasteiger partial charge on any atom is -0.508 e. The first-order valence-corrected chi connectivity index (χ1v) is 8.07. The van der Waals surface area contributed by atoms with Gasteiger partial charge in [0.2, 0.25) is 0 Å². The highest BCUT2D eigenvalue weighted by atomic mass is 16.3. The maximum Gasteiger partial charge on any atom is 0.115 e. The second-order valence-corrected chi connectivity index (χ2v) is 6.34. The van der Waals surface area contributed by atoms with Crippen LogP contribution in [-0.2, 0) is 5.41 Å². The minimum absolute atomic E-state index is 0.142. The molecule has 0 radical (unpaired) electrons. The highest BCUT2D eigenvalue weighted by Crippen LogP contribution is 2.42. The number of phenols is 2. The Morgan fingerprint density at radius 3 is 1.64 bits per heavy atom. The van der Waals surface area contributed by atoms with Crippen molar-refractivity contribution >= 4 is 0 Å². The molecule has 2 aromatic rings. The van der Waals surface area contributed by atoms with Crippen LogP contribution in [0.25, 0.3) is 0 Å². The van der Waals surface area contributed by atoms with Crippen molar-refractivity contribution in [2.45, 2.75) is 45.4 Å². The molecule has 0 spiro atoms. The molecule has 2 rings (SSSR count). The van der Waals surface area contributed by atoms with Crippen LogP contribution in [0.15, 0.2) is 48.5 Å². The lowest BCUT2D eigenvalue weighted by Gasteiger charge is -2.37. The fourth-order valence-corrected chi connectivity index (χ4v) is 3.15. The van der Waals surface area contributed by atoms with Gasteiger partial charge in [0.05, 0.1) is 0 Å². The molecule has 2 N–H and O–H groups in total. The zero-order valence-corrected chi connectivity index (χ0v) is 13.7. The predicted octanol–water partition coefficient (Wildman–Crippen LogP) is 5.23. The molecule has 22 heavy (non-hydrogen) atoms. The van der Waals surface area contributed by atoms with E-state index in [1.165, 1.54) is 24.0 Å². The third-order valence-electron chi connectivity index (χ3n) is 4.91. The number of hydrogen-bond acceptors (Lipinski definition) is 2. The van der Waals surface area contributed by atoms with Crippen molar-refractivity contribution < 1.29 is 10.2 Å². The van der Waals surface area contributed by atoms with E-state index in [9.17, 15) is 10.2 Å². The summed E-state index contributed by atoms with van der Waals surface area (Å²) in [6.45, 7) is 6.76. The molecule has 2 nitrogen and oxygen atoms in total. The van der Waals surface area contributed by atoms with Crippen LogP contribution in [0.3, 0.4) is 0 Å². The Bertz CT molecular complexity index is 539. The van der Waals surface area contributed by atoms with E-state index in [4.69, 9.17) is 0 Å². The summed E-state index contributed by atoms with van der Waals surface area (Å²) in [7, 11) is 0. The fraction of sp³-hybridized carbons (Fsp3) is 0.400. The van der Waals surface area contributed by atoms with Gasteiger partial charge in [-0.2, -0.15) is 0 Å². The summed E-state index contributed by atoms with van der Waals surface area (Å²) in [4.78, 5) is 0. The predicted molar refractivity (Wildman–Crippen MR) is 91.4 cm³/mol. The van der Waals surface area contributed by atoms with Gasteiger partial charge in [0, 0.05) is 5.41 Å². The number of phenolic OH excluding ortho intramolecular Hbond substituents is 2. The van der Waals surface area contributed by atoms with E-state index in [2.05, 4.69) is 20.8 Å². The number of rotatable bonds is 6. The molecule has 2 aromatic carbocycles. The summed E-state index contributed by atoms with van der Waals surface area (Å²) < 4.78 is 0. The Morgan fingerprint density at radius 2 is 1.27 bits per heavy atom. The molecule has 118 valence electrons. The average Bonchev–Trinajstić information content (AvgIpc) is 2.53. The van der Waals surface area contributed by atoms with Gasteiger partial charge in [-0.3, -0.25) is 0 Å². The van der Waals surface area contributed by atoms with Gasteiger partial charge in [-0.15, -0.1) is 0 Å². The first kappa shape index (κ1) is 16.4. The molecule has 0 amide bonds. The van der Waals surface area contributed by atoms with Crippen LogP contribution in [0.4, 0.5) is 0 Å². The average molecular weight is 298 g/mol. The van der Waals surface area contributed by atoms with Crippen molar-refractivity contribution in [2.24, 2.45) is 5.92 Å². The highest BCUT2D eigenvalue weighted by Gasteiger charge is 2.34. The molecule has 0 aliphatic rings. The van der Waals surface area contributed by atoms with E-state index in [0.717, 1.165) is 6.42 Å². The SMILES string of the molecule is CCCCC(C)C(C)(c1ccc(O)cc1)c1ccc(O)cc1. The third kappa shape index (κ3) is 3.27. The lowest BCUT2D eigenvalue weighted by molar-refractivity contribution is 0.342. The summed E-state index contributed by atoms with van der Waals surface area (Å²) in [6, 6.07) is 15.0. The highest BCUT2D eigenvalue weighted by molar-refractivity contribution is 5.42. The quantitative estimate of drug-likeness (QED) is 0.766. The van der Waals surface area contributed by atoms with Gasteiger partial charge in [0.15, 0.2) is 0 Å². The third-order valence-corrected chi connectivity index (χ3v) is 4.91. The monoisotopic (exact) mass is 298 g/mol. The number of hydrogen-bond donors (Lipinski definition) is 2. The topological polar surface area (TPSA) is 40.5 Å². The Kier molecular flexibility index (Phi) is 5.12. The minimum atomic E-state index is -0.142. The maximum atomic E-state index is 9.58. The van der Waals surface area contributed by atoms with Gasteiger partial charge in [0.25, 0.3) is 0 Å². The van der Waals surface area contributed by atoms with Gasteiger partial charge in [-0.05, 0) is 47.7 Å². The molecule has 0 heterocycles. The maximum absolute atomic E-state index is 9.58. The standard InChI is InChI=1S/C20H26O2/c1-4-5-6-15(2)20(3,16-7-11-18(21)12-8-16)17-9-13-19(22)14-10-17/h7-15,21-22H,4-6H2,1-3H3. The van der Waals surface area contributed by atoms with Crippen LogP contribution in [0.5, 0.6) is 11.5 Å². The lowest BCUT2D eigenvalue weighted by Crippen LogP contribution is -2.31. The summed E-state index contributed by atoms with van der Waals surface area (Å²) >= 11 is 0. The summed E-state index contributed by atoms with van der Waals surface area (Å²) in [5, 5.41) is 19.2. The molecule has 1 unspecified atom stereocenters. The Balaban J connectivity index is 2.47. The van der Waals surface area contributed by atoms with Gasteiger partial charge in [-0.25, -0.2) is 0 Å². The molecule has 0 saturated heterocycles. The van der Waals surface area contributed by atoms with Crippen LogP contribution >= 0.6 is 0 Å². The molecular weight excluding hydrogens is 272 g/mol. The van der Waals surface area contributed by atoms with E-state index in [-0.39, 0.29) is 16.9 Å². The summed E-state index contributed by atoms with van der Waals surface area (Å²) in [6.07, 6.45) is 3.53. The Labute approximate surface area is 133 Å². The van der Waals surface area contributed by atoms with Crippen LogP contribution in [-0.4, -0.2) is 10.2 Å². The number of benzene rings is 2. The first-order valence-electron chi connectivity index (χ1n) is 8.07. The molecule has 0 saturated carbocycles. The van der Waals surface area contributed by atoms with E-state index >= 15 is 0 Å². The van der Waals surface area contributed by atoms with Gasteiger partial charge in [-0.1, -0.05) is 57.9 Å². The molecule has 0 aromatic heterocycles. The van der Waals surface area contributed by atoms with E-state index in [0.29, 0.717) is 5.92 Å². The van der Waals surface area contributed by atoms with Crippen molar-refractivity contribution in [3.63, 3.8) is 0 Å². The second-order valence-electron chi connectivity index (χ2n) is 6.34. The second kappa shape index (κ2) is 6.87. The number of unbranched alkanes of at least 4 members (excludes halogenated alkanes) is 1. The van der Waals surface area contributed by atoms with E-state index in [1.54, 1.807) is 24.3 Å². The Morgan fingerprint density at radius 1 is 0.864 bits per heavy atom. The van der Waals surface area contributed by atoms with Crippen molar-refractivity contribution in [3.05, 3.63) is 59.7 Å². The first-order chi connectivity index (χ1) is 10.5. The van der Waals surface area contributed by atoms with Crippen LogP contribution in [0, 0.1) is 5.92 Å². The molecule has 0 fully saturated rings. The van der Waals surface area contributed by atoms with Gasteiger partial charge < -0.3 is 10.2 Å². The van der Waals surface area contributed by atoms with Crippen molar-refractivity contribution in [1.29, 1.82) is 0 Å². The molecule has 2 heteroatoms. The smallest absolute Gasteiger partial charge is 0.115 e. The van der Waals surface area contributed by atoms with Crippen LogP contribution in [0.1, 0.15) is 51.2 Å². The van der Waals surface area contributed by atoms with E-state index in [1.807, 2.05) is 24.3 Å². The van der Waals surface area contributed by atoms with E-state index < -0.39 is 0 Å². The van der Waals surface area contributed by atoms with Crippen molar-refractivity contribution in [1.82, 2.24) is 0 Å². The molecule has 0 aliphatic carbocycles. The molecule has 0 aliphatic heterocycles. The largest absolute Gasteiger partial charge is 0.508 e. The zero-order valence-electron chi connectivity index (χ0n) is 13.7. The van der Waals surface area contributed by atoms with Crippen LogP contribution < -0.4 is 0 Å². The van der Waals surface area contributed by atoms with Gasteiger partial charge in [0.1, 0.15) is 11.5 Å². The number of aromatic hydroxyl groups is 2.